The predicted octanol–water partition coefficient (Wildman–Crippen LogP) is 10.7. The Morgan fingerprint density at radius 1 is 0.508 bits per heavy atom. The summed E-state index contributed by atoms with van der Waals surface area (Å²) in [6, 6.07) is 25.8. The third kappa shape index (κ3) is 16.7. The lowest BCUT2D eigenvalue weighted by molar-refractivity contribution is -0.117. The molecular formula is C48H59Br3N4O6. The average molecular weight is 1030 g/mol. The highest BCUT2D eigenvalue weighted by Crippen LogP contribution is 2.29. The van der Waals surface area contributed by atoms with E-state index in [1.165, 1.54) is 35.1 Å². The minimum absolute atomic E-state index is 0.0214. The van der Waals surface area contributed by atoms with E-state index in [2.05, 4.69) is 99.0 Å². The molecule has 328 valence electrons. The van der Waals surface area contributed by atoms with Crippen molar-refractivity contribution < 1.29 is 29.0 Å². The largest absolute Gasteiger partial charge is 0.508 e. The van der Waals surface area contributed by atoms with Crippen molar-refractivity contribution in [1.29, 1.82) is 0 Å². The molecule has 13 heteroatoms. The van der Waals surface area contributed by atoms with Crippen LogP contribution in [0.1, 0.15) is 85.6 Å². The number of amides is 3. The van der Waals surface area contributed by atoms with Gasteiger partial charge in [-0.15, -0.1) is 0 Å². The van der Waals surface area contributed by atoms with E-state index in [-0.39, 0.29) is 23.5 Å². The van der Waals surface area contributed by atoms with Crippen molar-refractivity contribution in [1.82, 2.24) is 4.90 Å². The smallest absolute Gasteiger partial charge is 0.224 e. The van der Waals surface area contributed by atoms with Crippen LogP contribution < -0.4 is 25.4 Å². The van der Waals surface area contributed by atoms with Crippen LogP contribution in [0.2, 0.25) is 0 Å². The monoisotopic (exact) mass is 1020 g/mol. The molecule has 0 spiro atoms. The molecule has 0 radical (unpaired) electrons. The molecule has 61 heavy (non-hydrogen) atoms. The molecule has 0 saturated heterocycles. The number of halogens is 3. The van der Waals surface area contributed by atoms with E-state index >= 15 is 0 Å². The first-order chi connectivity index (χ1) is 29.7. The Hall–Kier alpha value is -3.91. The van der Waals surface area contributed by atoms with Gasteiger partial charge in [-0.3, -0.25) is 19.3 Å². The number of unbranched alkanes of at least 4 members (excludes halogenated alkanes) is 3. The van der Waals surface area contributed by atoms with Gasteiger partial charge in [0.2, 0.25) is 17.7 Å². The van der Waals surface area contributed by atoms with Gasteiger partial charge in [0, 0.05) is 83.6 Å². The molecule has 0 atom stereocenters. The molecule has 10 nitrogen and oxygen atoms in total. The van der Waals surface area contributed by atoms with Gasteiger partial charge >= 0.3 is 0 Å². The topological polar surface area (TPSA) is 129 Å². The van der Waals surface area contributed by atoms with Crippen molar-refractivity contribution in [3.05, 3.63) is 107 Å². The highest BCUT2D eigenvalue weighted by atomic mass is 79.9. The molecule has 4 N–H and O–H groups in total. The number of hydrogen-bond donors (Lipinski definition) is 4. The number of phenolic OH excluding ortho intramolecular Hbond substituents is 1. The summed E-state index contributed by atoms with van der Waals surface area (Å²) in [5, 5.41) is 20.9. The van der Waals surface area contributed by atoms with Crippen molar-refractivity contribution in [2.45, 2.75) is 90.0 Å². The second-order valence-electron chi connectivity index (χ2n) is 15.3. The van der Waals surface area contributed by atoms with Crippen molar-refractivity contribution in [2.75, 3.05) is 58.2 Å². The van der Waals surface area contributed by atoms with E-state index in [0.717, 1.165) is 134 Å². The molecule has 4 aliphatic rings. The van der Waals surface area contributed by atoms with Gasteiger partial charge < -0.3 is 30.5 Å². The number of phenols is 1. The highest BCUT2D eigenvalue weighted by molar-refractivity contribution is 9.09. The highest BCUT2D eigenvalue weighted by Gasteiger charge is 2.18. The molecule has 0 aromatic heterocycles. The molecule has 0 aliphatic carbocycles. The zero-order valence-electron chi connectivity index (χ0n) is 34.9. The first kappa shape index (κ1) is 48.1. The molecule has 0 saturated carbocycles. The fraction of sp³-hybridized carbons (Fsp3) is 0.438. The van der Waals surface area contributed by atoms with Crippen LogP contribution in [-0.2, 0) is 46.6 Å². The fourth-order valence-corrected chi connectivity index (χ4v) is 8.38. The Labute approximate surface area is 386 Å². The lowest BCUT2D eigenvalue weighted by Gasteiger charge is -2.28. The Kier molecular flexibility index (Phi) is 20.9. The summed E-state index contributed by atoms with van der Waals surface area (Å²) in [5.41, 5.74) is 9.01. The number of nitrogens with zero attached hydrogens (tertiary/aromatic N) is 1. The van der Waals surface area contributed by atoms with E-state index in [4.69, 9.17) is 14.6 Å². The molecular weight excluding hydrogens is 968 g/mol. The zero-order valence-corrected chi connectivity index (χ0v) is 39.7. The number of nitrogens with one attached hydrogen (secondary N) is 3. The minimum atomic E-state index is 0.0214. The number of aromatic hydroxyl groups is 1. The van der Waals surface area contributed by atoms with Crippen molar-refractivity contribution in [3.8, 4) is 17.2 Å². The van der Waals surface area contributed by atoms with E-state index in [1.807, 2.05) is 36.4 Å². The molecule has 0 fully saturated rings. The maximum Gasteiger partial charge on any atom is 0.224 e. The van der Waals surface area contributed by atoms with E-state index in [9.17, 15) is 14.4 Å². The number of ether oxygens (including phenoxy) is 2. The van der Waals surface area contributed by atoms with E-state index in [0.29, 0.717) is 19.3 Å². The van der Waals surface area contributed by atoms with Crippen LogP contribution in [0, 0.1) is 0 Å². The summed E-state index contributed by atoms with van der Waals surface area (Å²) in [6.07, 6.45) is 12.2. The maximum absolute atomic E-state index is 11.5. The van der Waals surface area contributed by atoms with Gasteiger partial charge in [-0.05, 0) is 117 Å². The molecule has 3 amide bonds. The van der Waals surface area contributed by atoms with Gasteiger partial charge in [0.1, 0.15) is 17.2 Å². The number of alkyl halides is 3. The molecule has 0 bridgehead atoms. The second-order valence-corrected chi connectivity index (χ2v) is 17.7. The molecule has 4 heterocycles. The molecule has 4 aromatic carbocycles. The SMILES string of the molecule is BrCCCCBr.O=C1CCc2ccc(O)cc2N1.O=C1CCc2ccc(OCCCCBr)cc2N1.O=C1CCc2ccc(OCCCCN3CCc4ccccc4C3)cc2N1. The summed E-state index contributed by atoms with van der Waals surface area (Å²) < 4.78 is 11.5. The van der Waals surface area contributed by atoms with Gasteiger partial charge in [0.15, 0.2) is 0 Å². The number of anilines is 3. The van der Waals surface area contributed by atoms with Crippen LogP contribution in [0.5, 0.6) is 17.2 Å². The summed E-state index contributed by atoms with van der Waals surface area (Å²) in [6.45, 7) is 4.79. The minimum Gasteiger partial charge on any atom is -0.508 e. The summed E-state index contributed by atoms with van der Waals surface area (Å²) in [7, 11) is 0. The number of aryl methyl sites for hydroxylation is 3. The van der Waals surface area contributed by atoms with E-state index < -0.39 is 0 Å². The molecule has 4 aromatic rings. The number of carbonyl (C=O) groups excluding carboxylic acids is 3. The normalized spacial score (nSPS) is 14.8. The van der Waals surface area contributed by atoms with Crippen LogP contribution in [0.15, 0.2) is 78.9 Å². The third-order valence-electron chi connectivity index (χ3n) is 10.6. The lowest BCUT2D eigenvalue weighted by atomic mass is 10.00. The maximum atomic E-state index is 11.5. The first-order valence-corrected chi connectivity index (χ1v) is 24.8. The summed E-state index contributed by atoms with van der Waals surface area (Å²) in [5.74, 6) is 2.08. The van der Waals surface area contributed by atoms with Gasteiger partial charge in [0.25, 0.3) is 0 Å². The third-order valence-corrected chi connectivity index (χ3v) is 12.3. The van der Waals surface area contributed by atoms with Crippen molar-refractivity contribution >= 4 is 82.6 Å². The number of benzene rings is 4. The Morgan fingerprint density at radius 3 is 1.49 bits per heavy atom. The van der Waals surface area contributed by atoms with E-state index in [1.54, 1.807) is 12.1 Å². The summed E-state index contributed by atoms with van der Waals surface area (Å²) >= 11 is 10.0. The van der Waals surface area contributed by atoms with Crippen molar-refractivity contribution in [2.24, 2.45) is 0 Å². The Bertz CT molecular complexity index is 2030. The van der Waals surface area contributed by atoms with Gasteiger partial charge in [-0.25, -0.2) is 0 Å². The first-order valence-electron chi connectivity index (χ1n) is 21.4. The second kappa shape index (κ2) is 26.5. The average Bonchev–Trinajstić information content (AvgIpc) is 3.27. The predicted molar refractivity (Wildman–Crippen MR) is 257 cm³/mol. The molecule has 0 unspecified atom stereocenters. The Balaban J connectivity index is 0.000000173. The van der Waals surface area contributed by atoms with Crippen LogP contribution >= 0.6 is 47.8 Å². The number of rotatable bonds is 14. The summed E-state index contributed by atoms with van der Waals surface area (Å²) in [4.78, 5) is 36.3. The molecule has 4 aliphatic heterocycles. The lowest BCUT2D eigenvalue weighted by Crippen LogP contribution is -2.31. The van der Waals surface area contributed by atoms with Crippen LogP contribution in [0.3, 0.4) is 0 Å². The molecule has 8 rings (SSSR count). The van der Waals surface area contributed by atoms with Crippen LogP contribution in [0.4, 0.5) is 17.1 Å². The van der Waals surface area contributed by atoms with Crippen LogP contribution in [-0.4, -0.2) is 70.0 Å². The quantitative estimate of drug-likeness (QED) is 0.0731. The van der Waals surface area contributed by atoms with Gasteiger partial charge in [-0.1, -0.05) is 90.3 Å². The Morgan fingerprint density at radius 2 is 0.967 bits per heavy atom. The number of hydrogen-bond acceptors (Lipinski definition) is 7. The number of fused-ring (bicyclic) bond motifs is 4. The van der Waals surface area contributed by atoms with Crippen molar-refractivity contribution in [3.63, 3.8) is 0 Å². The standard InChI is InChI=1S/C22H26N2O2.C13H16BrNO2.C9H9NO2.C4H8Br2/c25-22-10-8-18-7-9-20(15-21(18)23-22)26-14-4-3-12-24-13-11-17-5-1-2-6-19(17)16-24;14-7-1-2-8-17-11-5-3-10-4-6-13(16)15-12(10)9-11;11-7-3-1-6-2-4-9(12)10-8(6)5-7;5-3-1-2-4-6/h1-2,5-7,9,15H,3-4,8,10-14,16H2,(H,23,25);3,5,9H,1-2,4,6-8H2,(H,15,16);1,3,5,11H,2,4H2,(H,10,12);1-4H2. The fourth-order valence-electron chi connectivity index (χ4n) is 7.19. The van der Waals surface area contributed by atoms with Gasteiger partial charge in [-0.2, -0.15) is 0 Å². The van der Waals surface area contributed by atoms with Crippen LogP contribution in [0.25, 0.3) is 0 Å². The zero-order chi connectivity index (χ0) is 43.2. The number of carbonyl (C=O) groups is 3. The van der Waals surface area contributed by atoms with Gasteiger partial charge in [0.05, 0.1) is 13.2 Å².